The number of rotatable bonds is 7. The Labute approximate surface area is 100 Å². The Morgan fingerprint density at radius 3 is 2.93 bits per heavy atom. The first-order valence-electron chi connectivity index (χ1n) is 5.15. The Morgan fingerprint density at radius 1 is 1.53 bits per heavy atom. The number of thiophene rings is 1. The maximum atomic E-state index is 9.79. The van der Waals surface area contributed by atoms with Crippen molar-refractivity contribution in [3.05, 3.63) is 22.4 Å². The smallest absolute Gasteiger partial charge is 0.101 e. The fourth-order valence-corrected chi connectivity index (χ4v) is 2.79. The van der Waals surface area contributed by atoms with Crippen LogP contribution in [0.3, 0.4) is 0 Å². The van der Waals surface area contributed by atoms with Gasteiger partial charge in [-0.25, -0.2) is 0 Å². The summed E-state index contributed by atoms with van der Waals surface area (Å²) in [5.41, 5.74) is 0. The molecule has 86 valence electrons. The molecule has 0 bridgehead atoms. The molecule has 0 aromatic carbocycles. The van der Waals surface area contributed by atoms with Gasteiger partial charge in [0.25, 0.3) is 0 Å². The van der Waals surface area contributed by atoms with E-state index >= 15 is 0 Å². The molecule has 0 fully saturated rings. The lowest BCUT2D eigenvalue weighted by Crippen LogP contribution is -2.26. The standard InChI is InChI=1S/C11H19NOS2/c1-9(8-14-2)6-12-7-10(13)11-4-3-5-15-11/h3-5,9-10,12-13H,6-8H2,1-2H3. The molecule has 4 heteroatoms. The number of aliphatic hydroxyl groups excluding tert-OH is 1. The van der Waals surface area contributed by atoms with Gasteiger partial charge in [0.1, 0.15) is 6.10 Å². The number of thioether (sulfide) groups is 1. The van der Waals surface area contributed by atoms with Crippen LogP contribution in [0.2, 0.25) is 0 Å². The molecule has 0 saturated heterocycles. The highest BCUT2D eigenvalue weighted by atomic mass is 32.2. The predicted molar refractivity (Wildman–Crippen MR) is 69.7 cm³/mol. The zero-order chi connectivity index (χ0) is 11.1. The lowest BCUT2D eigenvalue weighted by Gasteiger charge is -2.13. The van der Waals surface area contributed by atoms with E-state index in [0.29, 0.717) is 12.5 Å². The van der Waals surface area contributed by atoms with Crippen LogP contribution in [-0.2, 0) is 0 Å². The molecule has 1 aromatic heterocycles. The number of hydrogen-bond acceptors (Lipinski definition) is 4. The van der Waals surface area contributed by atoms with Gasteiger partial charge < -0.3 is 10.4 Å². The zero-order valence-electron chi connectivity index (χ0n) is 9.27. The van der Waals surface area contributed by atoms with Gasteiger partial charge in [0.05, 0.1) is 0 Å². The predicted octanol–water partition coefficient (Wildman–Crippen LogP) is 2.37. The Morgan fingerprint density at radius 2 is 2.33 bits per heavy atom. The van der Waals surface area contributed by atoms with Crippen molar-refractivity contribution < 1.29 is 5.11 Å². The van der Waals surface area contributed by atoms with Gasteiger partial charge >= 0.3 is 0 Å². The summed E-state index contributed by atoms with van der Waals surface area (Å²) in [6.07, 6.45) is 1.77. The molecule has 2 unspecified atom stereocenters. The minimum Gasteiger partial charge on any atom is -0.386 e. The molecule has 1 rings (SSSR count). The van der Waals surface area contributed by atoms with Crippen LogP contribution in [0.4, 0.5) is 0 Å². The second-order valence-corrected chi connectivity index (χ2v) is 5.64. The summed E-state index contributed by atoms with van der Waals surface area (Å²) in [6.45, 7) is 3.85. The summed E-state index contributed by atoms with van der Waals surface area (Å²) in [5, 5.41) is 15.1. The van der Waals surface area contributed by atoms with Gasteiger partial charge in [-0.05, 0) is 35.9 Å². The molecule has 15 heavy (non-hydrogen) atoms. The second kappa shape index (κ2) is 7.28. The first kappa shape index (κ1) is 13.0. The molecule has 0 aliphatic heterocycles. The summed E-state index contributed by atoms with van der Waals surface area (Å²) < 4.78 is 0. The highest BCUT2D eigenvalue weighted by Gasteiger charge is 2.08. The molecule has 0 radical (unpaired) electrons. The zero-order valence-corrected chi connectivity index (χ0v) is 10.9. The minimum atomic E-state index is -0.355. The average Bonchev–Trinajstić information content (AvgIpc) is 2.70. The Hall–Kier alpha value is -0.0300. The maximum Gasteiger partial charge on any atom is 0.101 e. The highest BCUT2D eigenvalue weighted by molar-refractivity contribution is 7.98. The van der Waals surface area contributed by atoms with Crippen LogP contribution in [0.15, 0.2) is 17.5 Å². The van der Waals surface area contributed by atoms with Gasteiger partial charge in [-0.15, -0.1) is 11.3 Å². The molecule has 2 nitrogen and oxygen atoms in total. The van der Waals surface area contributed by atoms with Crippen molar-refractivity contribution in [1.82, 2.24) is 5.32 Å². The van der Waals surface area contributed by atoms with Crippen LogP contribution in [0.5, 0.6) is 0 Å². The van der Waals surface area contributed by atoms with Gasteiger partial charge in [0.15, 0.2) is 0 Å². The normalized spacial score (nSPS) is 15.1. The number of hydrogen-bond donors (Lipinski definition) is 2. The van der Waals surface area contributed by atoms with Gasteiger partial charge in [-0.3, -0.25) is 0 Å². The van der Waals surface area contributed by atoms with E-state index < -0.39 is 0 Å². The van der Waals surface area contributed by atoms with Crippen molar-refractivity contribution in [2.24, 2.45) is 5.92 Å². The van der Waals surface area contributed by atoms with Crippen molar-refractivity contribution in [2.45, 2.75) is 13.0 Å². The Bertz CT molecular complexity index is 251. The van der Waals surface area contributed by atoms with Gasteiger partial charge in [0, 0.05) is 11.4 Å². The summed E-state index contributed by atoms with van der Waals surface area (Å²) in [5.74, 6) is 1.83. The Kier molecular flexibility index (Phi) is 6.32. The molecular formula is C11H19NOS2. The summed E-state index contributed by atoms with van der Waals surface area (Å²) in [6, 6.07) is 3.95. The monoisotopic (exact) mass is 245 g/mol. The number of nitrogens with one attached hydrogen (secondary N) is 1. The lowest BCUT2D eigenvalue weighted by molar-refractivity contribution is 0.177. The van der Waals surface area contributed by atoms with E-state index in [1.807, 2.05) is 29.3 Å². The van der Waals surface area contributed by atoms with E-state index in [2.05, 4.69) is 18.5 Å². The average molecular weight is 245 g/mol. The van der Waals surface area contributed by atoms with Crippen molar-refractivity contribution in [2.75, 3.05) is 25.1 Å². The fraction of sp³-hybridized carbons (Fsp3) is 0.636. The third-order valence-electron chi connectivity index (χ3n) is 2.15. The van der Waals surface area contributed by atoms with E-state index in [-0.39, 0.29) is 6.10 Å². The molecule has 0 aliphatic carbocycles. The van der Waals surface area contributed by atoms with E-state index in [1.165, 1.54) is 5.75 Å². The van der Waals surface area contributed by atoms with Gasteiger partial charge in [-0.1, -0.05) is 13.0 Å². The van der Waals surface area contributed by atoms with E-state index in [4.69, 9.17) is 0 Å². The summed E-state index contributed by atoms with van der Waals surface area (Å²) in [4.78, 5) is 1.04. The van der Waals surface area contributed by atoms with E-state index in [9.17, 15) is 5.11 Å². The summed E-state index contributed by atoms with van der Waals surface area (Å²) in [7, 11) is 0. The third-order valence-corrected chi connectivity index (χ3v) is 4.03. The van der Waals surface area contributed by atoms with E-state index in [1.54, 1.807) is 11.3 Å². The van der Waals surface area contributed by atoms with Crippen LogP contribution in [-0.4, -0.2) is 30.2 Å². The number of aliphatic hydroxyl groups is 1. The topological polar surface area (TPSA) is 32.3 Å². The molecule has 2 N–H and O–H groups in total. The highest BCUT2D eigenvalue weighted by Crippen LogP contribution is 2.17. The molecule has 0 aliphatic rings. The Balaban J connectivity index is 2.15. The minimum absolute atomic E-state index is 0.355. The van der Waals surface area contributed by atoms with Crippen LogP contribution in [0.1, 0.15) is 17.9 Å². The van der Waals surface area contributed by atoms with Gasteiger partial charge in [-0.2, -0.15) is 11.8 Å². The van der Waals surface area contributed by atoms with Crippen molar-refractivity contribution in [3.8, 4) is 0 Å². The maximum absolute atomic E-state index is 9.79. The van der Waals surface area contributed by atoms with Crippen molar-refractivity contribution in [1.29, 1.82) is 0 Å². The van der Waals surface area contributed by atoms with Crippen LogP contribution < -0.4 is 5.32 Å². The second-order valence-electron chi connectivity index (χ2n) is 3.75. The molecule has 0 saturated carbocycles. The quantitative estimate of drug-likeness (QED) is 0.773. The lowest BCUT2D eigenvalue weighted by atomic mass is 10.2. The first-order valence-corrected chi connectivity index (χ1v) is 7.42. The molecule has 2 atom stereocenters. The summed E-state index contributed by atoms with van der Waals surface area (Å²) >= 11 is 3.47. The van der Waals surface area contributed by atoms with E-state index in [0.717, 1.165) is 11.4 Å². The van der Waals surface area contributed by atoms with Crippen LogP contribution in [0.25, 0.3) is 0 Å². The van der Waals surface area contributed by atoms with Crippen LogP contribution >= 0.6 is 23.1 Å². The molecule has 0 amide bonds. The fourth-order valence-electron chi connectivity index (χ4n) is 1.39. The van der Waals surface area contributed by atoms with Crippen molar-refractivity contribution >= 4 is 23.1 Å². The SMILES string of the molecule is CSCC(C)CNCC(O)c1cccs1. The first-order chi connectivity index (χ1) is 7.24. The van der Waals surface area contributed by atoms with Gasteiger partial charge in [0.2, 0.25) is 0 Å². The molecule has 1 heterocycles. The molecule has 0 spiro atoms. The molecular weight excluding hydrogens is 226 g/mol. The largest absolute Gasteiger partial charge is 0.386 e. The van der Waals surface area contributed by atoms with Crippen molar-refractivity contribution in [3.63, 3.8) is 0 Å². The van der Waals surface area contributed by atoms with Crippen LogP contribution in [0, 0.1) is 5.92 Å². The third kappa shape index (κ3) is 5.02. The molecule has 1 aromatic rings.